The Labute approximate surface area is 158 Å². The molecule has 1 atom stereocenters. The minimum Gasteiger partial charge on any atom is -0.388 e. The van der Waals surface area contributed by atoms with E-state index < -0.39 is 5.60 Å². The Balaban J connectivity index is 2.06. The zero-order chi connectivity index (χ0) is 19.0. The van der Waals surface area contributed by atoms with Gasteiger partial charge in [0.05, 0.1) is 18.2 Å². The van der Waals surface area contributed by atoms with Crippen molar-refractivity contribution in [2.75, 3.05) is 31.1 Å². The Morgan fingerprint density at radius 1 is 1.23 bits per heavy atom. The van der Waals surface area contributed by atoms with Gasteiger partial charge in [0, 0.05) is 25.3 Å². The molecule has 146 valence electrons. The fourth-order valence-electron chi connectivity index (χ4n) is 3.27. The number of rotatable bonds is 8. The van der Waals surface area contributed by atoms with Crippen LogP contribution in [0.1, 0.15) is 65.0 Å². The van der Waals surface area contributed by atoms with Crippen molar-refractivity contribution >= 4 is 11.6 Å². The van der Waals surface area contributed by atoms with Crippen LogP contribution >= 0.6 is 0 Å². The number of nitrogens with one attached hydrogen (secondary N) is 2. The van der Waals surface area contributed by atoms with E-state index in [1.165, 1.54) is 24.1 Å². The van der Waals surface area contributed by atoms with E-state index in [2.05, 4.69) is 58.6 Å². The summed E-state index contributed by atoms with van der Waals surface area (Å²) in [5.41, 5.74) is 1.84. The molecule has 26 heavy (non-hydrogen) atoms. The lowest BCUT2D eigenvalue weighted by molar-refractivity contribution is 0.0418. The summed E-state index contributed by atoms with van der Waals surface area (Å²) in [5.74, 6) is 0.756. The molecule has 0 amide bonds. The van der Waals surface area contributed by atoms with E-state index in [4.69, 9.17) is 0 Å². The maximum Gasteiger partial charge on any atom is 0.191 e. The highest BCUT2D eigenvalue weighted by molar-refractivity contribution is 5.80. The highest BCUT2D eigenvalue weighted by atomic mass is 16.3. The van der Waals surface area contributed by atoms with Gasteiger partial charge in [-0.05, 0) is 57.2 Å². The highest BCUT2D eigenvalue weighted by Gasteiger charge is 2.22. The molecule has 5 heteroatoms. The Morgan fingerprint density at radius 3 is 2.54 bits per heavy atom. The van der Waals surface area contributed by atoms with Gasteiger partial charge in [-0.15, -0.1) is 0 Å². The van der Waals surface area contributed by atoms with Crippen LogP contribution in [0.3, 0.4) is 0 Å². The van der Waals surface area contributed by atoms with Crippen LogP contribution in [-0.4, -0.2) is 42.8 Å². The molecule has 0 spiro atoms. The SMILES string of the molecule is CCNC(=NCC(O)(CC)CC)NC(C)c1cccc(N2CCCC2)c1. The summed E-state index contributed by atoms with van der Waals surface area (Å²) in [6, 6.07) is 8.92. The van der Waals surface area contributed by atoms with Gasteiger partial charge >= 0.3 is 0 Å². The van der Waals surface area contributed by atoms with Crippen molar-refractivity contribution in [2.45, 2.75) is 65.0 Å². The van der Waals surface area contributed by atoms with Gasteiger partial charge in [0.2, 0.25) is 0 Å². The molecule has 1 aromatic carbocycles. The van der Waals surface area contributed by atoms with Crippen LogP contribution in [0.5, 0.6) is 0 Å². The van der Waals surface area contributed by atoms with Gasteiger partial charge in [0.25, 0.3) is 0 Å². The van der Waals surface area contributed by atoms with E-state index in [9.17, 15) is 5.11 Å². The van der Waals surface area contributed by atoms with E-state index in [-0.39, 0.29) is 6.04 Å². The monoisotopic (exact) mass is 360 g/mol. The molecule has 0 radical (unpaired) electrons. The number of anilines is 1. The number of hydrogen-bond acceptors (Lipinski definition) is 3. The van der Waals surface area contributed by atoms with Crippen molar-refractivity contribution in [3.8, 4) is 0 Å². The predicted octanol–water partition coefficient (Wildman–Crippen LogP) is 3.45. The lowest BCUT2D eigenvalue weighted by Gasteiger charge is -2.25. The van der Waals surface area contributed by atoms with Gasteiger partial charge in [-0.1, -0.05) is 26.0 Å². The fraction of sp³-hybridized carbons (Fsp3) is 0.667. The molecule has 0 aliphatic carbocycles. The van der Waals surface area contributed by atoms with E-state index in [0.29, 0.717) is 19.4 Å². The number of guanidine groups is 1. The van der Waals surface area contributed by atoms with Crippen LogP contribution in [0.4, 0.5) is 5.69 Å². The maximum atomic E-state index is 10.5. The quantitative estimate of drug-likeness (QED) is 0.491. The number of nitrogens with zero attached hydrogens (tertiary/aromatic N) is 2. The Hall–Kier alpha value is -1.75. The normalized spacial score (nSPS) is 16.7. The second-order valence-electron chi connectivity index (χ2n) is 7.28. The molecular formula is C21H36N4O. The van der Waals surface area contributed by atoms with Crippen molar-refractivity contribution in [3.63, 3.8) is 0 Å². The number of benzene rings is 1. The predicted molar refractivity (Wildman–Crippen MR) is 111 cm³/mol. The fourth-order valence-corrected chi connectivity index (χ4v) is 3.27. The first kappa shape index (κ1) is 20.6. The van der Waals surface area contributed by atoms with Gasteiger partial charge in [0.1, 0.15) is 0 Å². The van der Waals surface area contributed by atoms with Crippen molar-refractivity contribution in [3.05, 3.63) is 29.8 Å². The summed E-state index contributed by atoms with van der Waals surface area (Å²) in [6.07, 6.45) is 3.99. The third-order valence-corrected chi connectivity index (χ3v) is 5.39. The van der Waals surface area contributed by atoms with Crippen molar-refractivity contribution in [1.29, 1.82) is 0 Å². The first-order chi connectivity index (χ1) is 12.5. The molecular weight excluding hydrogens is 324 g/mol. The van der Waals surface area contributed by atoms with E-state index >= 15 is 0 Å². The van der Waals surface area contributed by atoms with Gasteiger partial charge < -0.3 is 20.6 Å². The minimum atomic E-state index is -0.721. The zero-order valence-electron chi connectivity index (χ0n) is 16.9. The third kappa shape index (κ3) is 5.63. The lowest BCUT2D eigenvalue weighted by Crippen LogP contribution is -2.40. The largest absolute Gasteiger partial charge is 0.388 e. The average molecular weight is 361 g/mol. The van der Waals surface area contributed by atoms with E-state index in [1.807, 2.05) is 13.8 Å². The van der Waals surface area contributed by atoms with Crippen molar-refractivity contribution in [2.24, 2.45) is 4.99 Å². The van der Waals surface area contributed by atoms with Crippen LogP contribution in [0.15, 0.2) is 29.3 Å². The smallest absolute Gasteiger partial charge is 0.191 e. The number of hydrogen-bond donors (Lipinski definition) is 3. The minimum absolute atomic E-state index is 0.145. The molecule has 1 aliphatic rings. The highest BCUT2D eigenvalue weighted by Crippen LogP contribution is 2.24. The molecule has 1 aliphatic heterocycles. The summed E-state index contributed by atoms with van der Waals surface area (Å²) in [6.45, 7) is 11.7. The molecule has 0 bridgehead atoms. The van der Waals surface area contributed by atoms with Gasteiger partial charge in [0.15, 0.2) is 5.96 Å². The summed E-state index contributed by atoms with van der Waals surface area (Å²) in [7, 11) is 0. The topological polar surface area (TPSA) is 59.9 Å². The molecule has 1 heterocycles. The van der Waals surface area contributed by atoms with Crippen LogP contribution in [0, 0.1) is 0 Å². The molecule has 1 unspecified atom stereocenters. The van der Waals surface area contributed by atoms with Gasteiger partial charge in [-0.3, -0.25) is 4.99 Å². The molecule has 0 saturated carbocycles. The summed E-state index contributed by atoms with van der Waals surface area (Å²) in [5, 5.41) is 17.3. The van der Waals surface area contributed by atoms with Gasteiger partial charge in [-0.25, -0.2) is 0 Å². The molecule has 1 fully saturated rings. The zero-order valence-corrected chi connectivity index (χ0v) is 16.9. The second-order valence-corrected chi connectivity index (χ2v) is 7.28. The van der Waals surface area contributed by atoms with Crippen LogP contribution in [0.25, 0.3) is 0 Å². The van der Waals surface area contributed by atoms with Crippen LogP contribution in [0.2, 0.25) is 0 Å². The maximum absolute atomic E-state index is 10.5. The van der Waals surface area contributed by atoms with Crippen LogP contribution in [-0.2, 0) is 0 Å². The second kappa shape index (κ2) is 9.81. The lowest BCUT2D eigenvalue weighted by atomic mass is 9.98. The van der Waals surface area contributed by atoms with Crippen molar-refractivity contribution < 1.29 is 5.11 Å². The molecule has 3 N–H and O–H groups in total. The summed E-state index contributed by atoms with van der Waals surface area (Å²) >= 11 is 0. The number of aliphatic imine (C=N–C) groups is 1. The first-order valence-electron chi connectivity index (χ1n) is 10.1. The Morgan fingerprint density at radius 2 is 1.92 bits per heavy atom. The molecule has 2 rings (SSSR count). The van der Waals surface area contributed by atoms with Gasteiger partial charge in [-0.2, -0.15) is 0 Å². The summed E-state index contributed by atoms with van der Waals surface area (Å²) in [4.78, 5) is 7.08. The summed E-state index contributed by atoms with van der Waals surface area (Å²) < 4.78 is 0. The molecule has 5 nitrogen and oxygen atoms in total. The van der Waals surface area contributed by atoms with E-state index in [0.717, 1.165) is 25.6 Å². The standard InChI is InChI=1S/C21H36N4O/c1-5-21(26,6-2)16-23-20(22-7-3)24-17(4)18-11-10-12-19(15-18)25-13-8-9-14-25/h10-12,15,17,26H,5-9,13-14,16H2,1-4H3,(H2,22,23,24). The number of aliphatic hydroxyl groups is 1. The Kier molecular flexibility index (Phi) is 7.76. The average Bonchev–Trinajstić information content (AvgIpc) is 3.21. The third-order valence-electron chi connectivity index (χ3n) is 5.39. The molecule has 1 saturated heterocycles. The Bertz CT molecular complexity index is 577. The van der Waals surface area contributed by atoms with Crippen LogP contribution < -0.4 is 15.5 Å². The van der Waals surface area contributed by atoms with E-state index in [1.54, 1.807) is 0 Å². The van der Waals surface area contributed by atoms with Crippen molar-refractivity contribution in [1.82, 2.24) is 10.6 Å². The first-order valence-corrected chi connectivity index (χ1v) is 10.1. The molecule has 0 aromatic heterocycles. The molecule has 1 aromatic rings.